The van der Waals surface area contributed by atoms with Crippen molar-refractivity contribution >= 4 is 0 Å². The molecule has 0 aromatic rings. The van der Waals surface area contributed by atoms with E-state index in [0.29, 0.717) is 6.54 Å². The van der Waals surface area contributed by atoms with Gasteiger partial charge < -0.3 is 0 Å². The molecule has 1 spiro atoms. The van der Waals surface area contributed by atoms with Gasteiger partial charge in [0, 0.05) is 30.7 Å². The molecule has 16 heavy (non-hydrogen) atoms. The lowest BCUT2D eigenvalue weighted by atomic mass is 9.75. The monoisotopic (exact) mass is 236 g/mol. The first kappa shape index (κ1) is 12.2. The number of hydrogen-bond donors (Lipinski definition) is 0. The second kappa shape index (κ2) is 3.35. The molecule has 0 unspecified atom stereocenters. The fourth-order valence-electron chi connectivity index (χ4n) is 2.55. The first-order chi connectivity index (χ1) is 7.12. The Labute approximate surface area is 94.4 Å². The second-order valence-electron chi connectivity index (χ2n) is 6.04. The van der Waals surface area contributed by atoms with Crippen molar-refractivity contribution in [2.75, 3.05) is 26.2 Å². The van der Waals surface area contributed by atoms with Crippen molar-refractivity contribution in [3.8, 4) is 0 Å². The Kier molecular flexibility index (Phi) is 2.55. The van der Waals surface area contributed by atoms with Gasteiger partial charge in [0.25, 0.3) is 0 Å². The Balaban J connectivity index is 1.89. The Bertz CT molecular complexity index is 274. The molecule has 0 aliphatic carbocycles. The molecule has 2 saturated heterocycles. The van der Waals surface area contributed by atoms with Crippen LogP contribution >= 0.6 is 0 Å². The van der Waals surface area contributed by atoms with Crippen LogP contribution < -0.4 is 0 Å². The van der Waals surface area contributed by atoms with Crippen molar-refractivity contribution in [1.29, 1.82) is 0 Å². The number of halogens is 3. The van der Waals surface area contributed by atoms with Crippen LogP contribution in [-0.4, -0.2) is 53.2 Å². The van der Waals surface area contributed by atoms with Crippen LogP contribution in [-0.2, 0) is 0 Å². The van der Waals surface area contributed by atoms with E-state index in [1.165, 1.54) is 0 Å². The third-order valence-corrected chi connectivity index (χ3v) is 3.81. The molecule has 5 heteroatoms. The van der Waals surface area contributed by atoms with Crippen LogP contribution in [0.15, 0.2) is 0 Å². The maximum atomic E-state index is 12.3. The quantitative estimate of drug-likeness (QED) is 0.688. The van der Waals surface area contributed by atoms with Gasteiger partial charge in [-0.25, -0.2) is 0 Å². The minimum Gasteiger partial charge on any atom is -0.295 e. The molecule has 94 valence electrons. The lowest BCUT2D eigenvalue weighted by Crippen LogP contribution is -2.79. The summed E-state index contributed by atoms with van der Waals surface area (Å²) >= 11 is 0. The van der Waals surface area contributed by atoms with Gasteiger partial charge in [0.15, 0.2) is 0 Å². The highest BCUT2D eigenvalue weighted by Crippen LogP contribution is 2.43. The van der Waals surface area contributed by atoms with E-state index in [9.17, 15) is 13.2 Å². The number of rotatable bonds is 1. The highest BCUT2D eigenvalue weighted by molar-refractivity contribution is 5.13. The van der Waals surface area contributed by atoms with E-state index in [1.807, 2.05) is 0 Å². The van der Waals surface area contributed by atoms with Crippen LogP contribution in [0.4, 0.5) is 13.2 Å². The minimum absolute atomic E-state index is 0.0741. The fraction of sp³-hybridized carbons (Fsp3) is 1.00. The third-order valence-electron chi connectivity index (χ3n) is 3.81. The van der Waals surface area contributed by atoms with Crippen molar-refractivity contribution in [3.05, 3.63) is 0 Å². The molecule has 0 amide bonds. The topological polar surface area (TPSA) is 6.48 Å². The van der Waals surface area contributed by atoms with Crippen molar-refractivity contribution in [2.45, 2.75) is 44.4 Å². The molecule has 2 aliphatic heterocycles. The SMILES string of the molecule is CC(C)(C)N1CC2(CCN2CC(F)(F)F)C1. The predicted octanol–water partition coefficient (Wildman–Crippen LogP) is 2.11. The standard InChI is InChI=1S/C11H19F3N2/c1-9(2,3)16-6-10(7-16)4-5-15(10)8-11(12,13)14/h4-8H2,1-3H3. The zero-order valence-corrected chi connectivity index (χ0v) is 10.1. The van der Waals surface area contributed by atoms with Gasteiger partial charge in [0.1, 0.15) is 0 Å². The highest BCUT2D eigenvalue weighted by Gasteiger charge is 2.57. The van der Waals surface area contributed by atoms with Gasteiger partial charge in [0.05, 0.1) is 6.54 Å². The third kappa shape index (κ3) is 2.07. The molecule has 2 rings (SSSR count). The first-order valence-corrected chi connectivity index (χ1v) is 5.69. The van der Waals surface area contributed by atoms with Crippen LogP contribution in [0.25, 0.3) is 0 Å². The molecule has 2 heterocycles. The van der Waals surface area contributed by atoms with Crippen molar-refractivity contribution in [1.82, 2.24) is 9.80 Å². The smallest absolute Gasteiger partial charge is 0.295 e. The summed E-state index contributed by atoms with van der Waals surface area (Å²) in [4.78, 5) is 3.84. The zero-order chi connectivity index (χ0) is 12.2. The Hall–Kier alpha value is -0.290. The highest BCUT2D eigenvalue weighted by atomic mass is 19.4. The number of nitrogens with zero attached hydrogens (tertiary/aromatic N) is 2. The largest absolute Gasteiger partial charge is 0.401 e. The molecule has 0 bridgehead atoms. The summed E-state index contributed by atoms with van der Waals surface area (Å²) in [6.07, 6.45) is -3.15. The number of alkyl halides is 3. The first-order valence-electron chi connectivity index (χ1n) is 5.69. The van der Waals surface area contributed by atoms with Crippen LogP contribution in [0.1, 0.15) is 27.2 Å². The average Bonchev–Trinajstić information content (AvgIpc) is 1.91. The fourth-order valence-corrected chi connectivity index (χ4v) is 2.55. The summed E-state index contributed by atoms with van der Waals surface area (Å²) in [5.41, 5.74) is -0.0897. The van der Waals surface area contributed by atoms with Gasteiger partial charge in [-0.3, -0.25) is 9.80 Å². The minimum atomic E-state index is -4.06. The number of hydrogen-bond acceptors (Lipinski definition) is 2. The summed E-state index contributed by atoms with van der Waals surface area (Å²) in [5, 5.41) is 0. The Morgan fingerprint density at radius 1 is 1.12 bits per heavy atom. The molecular weight excluding hydrogens is 217 g/mol. The van der Waals surface area contributed by atoms with Crippen molar-refractivity contribution in [2.24, 2.45) is 0 Å². The van der Waals surface area contributed by atoms with Gasteiger partial charge >= 0.3 is 6.18 Å². The van der Waals surface area contributed by atoms with Crippen LogP contribution in [0.5, 0.6) is 0 Å². The second-order valence-corrected chi connectivity index (χ2v) is 6.04. The molecule has 0 radical (unpaired) electrons. The molecular formula is C11H19F3N2. The summed E-state index contributed by atoms with van der Waals surface area (Å²) in [5.74, 6) is 0. The van der Waals surface area contributed by atoms with Crippen LogP contribution in [0.2, 0.25) is 0 Å². The van der Waals surface area contributed by atoms with E-state index in [2.05, 4.69) is 25.7 Å². The Morgan fingerprint density at radius 3 is 2.00 bits per heavy atom. The van der Waals surface area contributed by atoms with Gasteiger partial charge in [0.2, 0.25) is 0 Å². The molecule has 2 aliphatic rings. The van der Waals surface area contributed by atoms with Crippen LogP contribution in [0.3, 0.4) is 0 Å². The normalized spacial score (nSPS) is 26.6. The van der Waals surface area contributed by atoms with Gasteiger partial charge in [-0.1, -0.05) is 0 Å². The maximum Gasteiger partial charge on any atom is 0.401 e. The molecule has 0 N–H and O–H groups in total. The predicted molar refractivity (Wildman–Crippen MR) is 56.3 cm³/mol. The molecule has 2 fully saturated rings. The van der Waals surface area contributed by atoms with E-state index >= 15 is 0 Å². The maximum absolute atomic E-state index is 12.3. The van der Waals surface area contributed by atoms with E-state index < -0.39 is 12.7 Å². The molecule has 0 aromatic carbocycles. The average molecular weight is 236 g/mol. The van der Waals surface area contributed by atoms with E-state index in [4.69, 9.17) is 0 Å². The van der Waals surface area contributed by atoms with Gasteiger partial charge in [-0.05, 0) is 27.2 Å². The van der Waals surface area contributed by atoms with Gasteiger partial charge in [-0.15, -0.1) is 0 Å². The molecule has 0 aromatic heterocycles. The summed E-state index contributed by atoms with van der Waals surface area (Å²) in [6, 6.07) is 0. The van der Waals surface area contributed by atoms with Crippen molar-refractivity contribution < 1.29 is 13.2 Å². The summed E-state index contributed by atoms with van der Waals surface area (Å²) < 4.78 is 36.9. The van der Waals surface area contributed by atoms with Crippen LogP contribution in [0, 0.1) is 0 Å². The lowest BCUT2D eigenvalue weighted by Gasteiger charge is -2.65. The van der Waals surface area contributed by atoms with E-state index in [0.717, 1.165) is 19.5 Å². The molecule has 0 atom stereocenters. The van der Waals surface area contributed by atoms with E-state index in [-0.39, 0.29) is 11.1 Å². The zero-order valence-electron chi connectivity index (χ0n) is 10.1. The Morgan fingerprint density at radius 2 is 1.69 bits per heavy atom. The summed E-state index contributed by atoms with van der Waals surface area (Å²) in [7, 11) is 0. The number of likely N-dealkylation sites (tertiary alicyclic amines) is 2. The van der Waals surface area contributed by atoms with Gasteiger partial charge in [-0.2, -0.15) is 13.2 Å². The molecule has 0 saturated carbocycles. The van der Waals surface area contributed by atoms with E-state index in [1.54, 1.807) is 4.90 Å². The lowest BCUT2D eigenvalue weighted by molar-refractivity contribution is -0.213. The van der Waals surface area contributed by atoms with Crippen molar-refractivity contribution in [3.63, 3.8) is 0 Å². The molecule has 2 nitrogen and oxygen atoms in total. The summed E-state index contributed by atoms with van der Waals surface area (Å²) in [6.45, 7) is 7.73.